The van der Waals surface area contributed by atoms with Gasteiger partial charge in [-0.15, -0.1) is 6.58 Å². The van der Waals surface area contributed by atoms with Crippen LogP contribution in [0, 0.1) is 6.92 Å². The number of aryl methyl sites for hydroxylation is 1. The van der Waals surface area contributed by atoms with Crippen molar-refractivity contribution in [2.24, 2.45) is 4.99 Å². The predicted octanol–water partition coefficient (Wildman–Crippen LogP) is 2.77. The van der Waals surface area contributed by atoms with Gasteiger partial charge in [-0.25, -0.2) is 0 Å². The van der Waals surface area contributed by atoms with E-state index in [9.17, 15) is 0 Å². The van der Waals surface area contributed by atoms with Gasteiger partial charge in [-0.05, 0) is 37.1 Å². The molecule has 0 bridgehead atoms. The summed E-state index contributed by atoms with van der Waals surface area (Å²) in [6.07, 6.45) is 2.68. The first-order valence-corrected chi connectivity index (χ1v) is 6.99. The van der Waals surface area contributed by atoms with Crippen molar-refractivity contribution in [2.75, 3.05) is 26.7 Å². The van der Waals surface area contributed by atoms with E-state index in [2.05, 4.69) is 22.2 Å². The molecule has 0 aromatic heterocycles. The number of halogens is 1. The van der Waals surface area contributed by atoms with Gasteiger partial charge in [-0.3, -0.25) is 4.99 Å². The Bertz CT molecular complexity index is 460. The van der Waals surface area contributed by atoms with Crippen molar-refractivity contribution < 1.29 is 4.74 Å². The average Bonchev–Trinajstić information content (AvgIpc) is 2.44. The number of nitrogens with zero attached hydrogens (tertiary/aromatic N) is 1. The molecule has 0 aliphatic rings. The summed E-state index contributed by atoms with van der Waals surface area (Å²) in [6, 6.07) is 5.63. The molecule has 0 aliphatic heterocycles. The van der Waals surface area contributed by atoms with Crippen LogP contribution in [0.15, 0.2) is 35.8 Å². The van der Waals surface area contributed by atoms with Crippen LogP contribution in [0.2, 0.25) is 5.02 Å². The Morgan fingerprint density at radius 3 is 2.90 bits per heavy atom. The molecule has 20 heavy (non-hydrogen) atoms. The second-order valence-electron chi connectivity index (χ2n) is 4.28. The molecule has 5 heteroatoms. The van der Waals surface area contributed by atoms with E-state index in [1.165, 1.54) is 0 Å². The van der Waals surface area contributed by atoms with Gasteiger partial charge in [0, 0.05) is 25.2 Å². The molecule has 0 saturated heterocycles. The molecule has 0 amide bonds. The largest absolute Gasteiger partial charge is 0.493 e. The first kappa shape index (κ1) is 16.4. The van der Waals surface area contributed by atoms with Crippen LogP contribution in [0.1, 0.15) is 12.0 Å². The minimum Gasteiger partial charge on any atom is -0.493 e. The molecule has 0 saturated carbocycles. The fraction of sp³-hybridized carbons (Fsp3) is 0.400. The summed E-state index contributed by atoms with van der Waals surface area (Å²) in [5.41, 5.74) is 1.05. The topological polar surface area (TPSA) is 45.7 Å². The van der Waals surface area contributed by atoms with E-state index >= 15 is 0 Å². The van der Waals surface area contributed by atoms with Crippen molar-refractivity contribution in [2.45, 2.75) is 13.3 Å². The molecule has 0 spiro atoms. The highest BCUT2D eigenvalue weighted by molar-refractivity contribution is 6.30. The van der Waals surface area contributed by atoms with Crippen LogP contribution < -0.4 is 15.4 Å². The van der Waals surface area contributed by atoms with E-state index < -0.39 is 0 Å². The van der Waals surface area contributed by atoms with Crippen molar-refractivity contribution in [3.63, 3.8) is 0 Å². The average molecular weight is 296 g/mol. The third-order valence-electron chi connectivity index (χ3n) is 2.65. The Balaban J connectivity index is 2.23. The summed E-state index contributed by atoms with van der Waals surface area (Å²) in [6.45, 7) is 7.77. The number of hydrogen-bond acceptors (Lipinski definition) is 2. The predicted molar refractivity (Wildman–Crippen MR) is 85.9 cm³/mol. The zero-order valence-corrected chi connectivity index (χ0v) is 12.8. The molecule has 0 heterocycles. The van der Waals surface area contributed by atoms with Crippen LogP contribution in [0.3, 0.4) is 0 Å². The number of ether oxygens (including phenoxy) is 1. The smallest absolute Gasteiger partial charge is 0.191 e. The van der Waals surface area contributed by atoms with E-state index in [0.29, 0.717) is 13.2 Å². The first-order valence-electron chi connectivity index (χ1n) is 6.61. The number of rotatable bonds is 7. The van der Waals surface area contributed by atoms with Gasteiger partial charge in [-0.2, -0.15) is 0 Å². The highest BCUT2D eigenvalue weighted by Gasteiger charge is 2.00. The quantitative estimate of drug-likeness (QED) is 0.352. The lowest BCUT2D eigenvalue weighted by atomic mass is 10.2. The van der Waals surface area contributed by atoms with Gasteiger partial charge in [-0.1, -0.05) is 17.7 Å². The van der Waals surface area contributed by atoms with Crippen molar-refractivity contribution >= 4 is 17.6 Å². The lowest BCUT2D eigenvalue weighted by Gasteiger charge is -2.12. The molecule has 0 fully saturated rings. The molecule has 110 valence electrons. The summed E-state index contributed by atoms with van der Waals surface area (Å²) >= 11 is 5.90. The summed E-state index contributed by atoms with van der Waals surface area (Å²) in [7, 11) is 1.74. The van der Waals surface area contributed by atoms with Gasteiger partial charge in [0.2, 0.25) is 0 Å². The molecule has 0 unspecified atom stereocenters. The Morgan fingerprint density at radius 2 is 2.25 bits per heavy atom. The third-order valence-corrected chi connectivity index (χ3v) is 2.88. The summed E-state index contributed by atoms with van der Waals surface area (Å²) in [4.78, 5) is 4.10. The number of aliphatic imine (C=N–C) groups is 1. The molecule has 1 aromatic carbocycles. The van der Waals surface area contributed by atoms with E-state index in [-0.39, 0.29) is 0 Å². The zero-order valence-electron chi connectivity index (χ0n) is 12.1. The van der Waals surface area contributed by atoms with Gasteiger partial charge in [0.05, 0.1) is 6.61 Å². The van der Waals surface area contributed by atoms with Gasteiger partial charge < -0.3 is 15.4 Å². The fourth-order valence-electron chi connectivity index (χ4n) is 1.63. The molecule has 1 rings (SSSR count). The maximum absolute atomic E-state index is 5.90. The molecule has 0 radical (unpaired) electrons. The maximum Gasteiger partial charge on any atom is 0.191 e. The number of nitrogens with one attached hydrogen (secondary N) is 2. The highest BCUT2D eigenvalue weighted by Crippen LogP contribution is 2.21. The Hall–Kier alpha value is -1.68. The summed E-state index contributed by atoms with van der Waals surface area (Å²) in [5.74, 6) is 1.65. The van der Waals surface area contributed by atoms with Gasteiger partial charge >= 0.3 is 0 Å². The first-order chi connectivity index (χ1) is 9.67. The Labute approximate surface area is 125 Å². The Morgan fingerprint density at radius 1 is 1.45 bits per heavy atom. The SMILES string of the molecule is C=CCNC(=NC)NCCCOc1ccc(Cl)cc1C. The van der Waals surface area contributed by atoms with Gasteiger partial charge in [0.15, 0.2) is 5.96 Å². The number of guanidine groups is 1. The van der Waals surface area contributed by atoms with E-state index in [1.807, 2.05) is 25.1 Å². The van der Waals surface area contributed by atoms with Gasteiger partial charge in [0.1, 0.15) is 5.75 Å². The molecule has 1 aromatic rings. The van der Waals surface area contributed by atoms with Crippen molar-refractivity contribution in [1.29, 1.82) is 0 Å². The molecule has 2 N–H and O–H groups in total. The summed E-state index contributed by atoms with van der Waals surface area (Å²) in [5, 5.41) is 7.04. The second-order valence-corrected chi connectivity index (χ2v) is 4.72. The minimum atomic E-state index is 0.647. The molecule has 4 nitrogen and oxygen atoms in total. The van der Waals surface area contributed by atoms with Crippen LogP contribution in [0.25, 0.3) is 0 Å². The maximum atomic E-state index is 5.90. The number of hydrogen-bond donors (Lipinski definition) is 2. The van der Waals surface area contributed by atoms with Crippen LogP contribution in [-0.2, 0) is 0 Å². The fourth-order valence-corrected chi connectivity index (χ4v) is 1.85. The van der Waals surface area contributed by atoms with Gasteiger partial charge in [0.25, 0.3) is 0 Å². The summed E-state index contributed by atoms with van der Waals surface area (Å²) < 4.78 is 5.71. The normalized spacial score (nSPS) is 11.1. The third kappa shape index (κ3) is 5.97. The van der Waals surface area contributed by atoms with Crippen molar-refractivity contribution in [1.82, 2.24) is 10.6 Å². The lowest BCUT2D eigenvalue weighted by molar-refractivity contribution is 0.309. The standard InChI is InChI=1S/C15H22ClN3O/c1-4-8-18-15(17-3)19-9-5-10-20-14-7-6-13(16)11-12(14)2/h4,6-7,11H,1,5,8-10H2,2-3H3,(H2,17,18,19). The van der Waals surface area contributed by atoms with Crippen LogP contribution in [-0.4, -0.2) is 32.7 Å². The highest BCUT2D eigenvalue weighted by atomic mass is 35.5. The van der Waals surface area contributed by atoms with Crippen LogP contribution >= 0.6 is 11.6 Å². The molecular formula is C15H22ClN3O. The second kappa shape index (κ2) is 9.26. The zero-order chi connectivity index (χ0) is 14.8. The Kier molecular flexibility index (Phi) is 7.58. The van der Waals surface area contributed by atoms with E-state index in [4.69, 9.17) is 16.3 Å². The minimum absolute atomic E-state index is 0.647. The molecule has 0 atom stereocenters. The van der Waals surface area contributed by atoms with Crippen molar-refractivity contribution in [3.05, 3.63) is 41.4 Å². The van der Waals surface area contributed by atoms with E-state index in [0.717, 1.165) is 35.3 Å². The lowest BCUT2D eigenvalue weighted by Crippen LogP contribution is -2.38. The molecular weight excluding hydrogens is 274 g/mol. The van der Waals surface area contributed by atoms with E-state index in [1.54, 1.807) is 13.1 Å². The van der Waals surface area contributed by atoms with Crippen molar-refractivity contribution in [3.8, 4) is 5.75 Å². The van der Waals surface area contributed by atoms with Crippen LogP contribution in [0.4, 0.5) is 0 Å². The monoisotopic (exact) mass is 295 g/mol. The van der Waals surface area contributed by atoms with Crippen LogP contribution in [0.5, 0.6) is 5.75 Å². The number of benzene rings is 1. The molecule has 0 aliphatic carbocycles.